The van der Waals surface area contributed by atoms with Crippen molar-refractivity contribution < 1.29 is 31.1 Å². The molecule has 3 aromatic rings. The van der Waals surface area contributed by atoms with E-state index in [1.54, 1.807) is 19.1 Å². The highest BCUT2D eigenvalue weighted by Gasteiger charge is 2.34. The largest absolute Gasteiger partial charge is 0.416 e. The average Bonchev–Trinajstić information content (AvgIpc) is 3.32. The Kier molecular flexibility index (Phi) is 7.02. The van der Waals surface area contributed by atoms with Crippen molar-refractivity contribution in [3.8, 4) is 11.1 Å². The number of halogens is 6. The summed E-state index contributed by atoms with van der Waals surface area (Å²) < 4.78 is 81.0. The van der Waals surface area contributed by atoms with Gasteiger partial charge in [-0.2, -0.15) is 13.2 Å². The highest BCUT2D eigenvalue weighted by molar-refractivity contribution is 5.76. The minimum atomic E-state index is -4.71. The van der Waals surface area contributed by atoms with E-state index in [9.17, 15) is 31.1 Å². The van der Waals surface area contributed by atoms with E-state index in [2.05, 4.69) is 10.6 Å². The molecule has 2 amide bonds. The summed E-state index contributed by atoms with van der Waals surface area (Å²) >= 11 is 0. The highest BCUT2D eigenvalue weighted by Crippen LogP contribution is 2.35. The molecule has 1 aliphatic carbocycles. The Balaban J connectivity index is 1.69. The maximum absolute atomic E-state index is 14.1. The first-order chi connectivity index (χ1) is 17.0. The van der Waals surface area contributed by atoms with Crippen molar-refractivity contribution in [2.24, 2.45) is 0 Å². The SMILES string of the molecule is C[C@@](NC(=O)NC1CCCC1)(c1ccc(-c2cc(F)cc(C(F)(F)F)c2)cc1)c1ccc(F)c(F)c1. The van der Waals surface area contributed by atoms with Crippen molar-refractivity contribution in [1.29, 1.82) is 0 Å². The fourth-order valence-corrected chi connectivity index (χ4v) is 4.55. The zero-order valence-corrected chi connectivity index (χ0v) is 19.4. The molecule has 1 aliphatic rings. The van der Waals surface area contributed by atoms with Crippen LogP contribution in [0.15, 0.2) is 60.7 Å². The third kappa shape index (κ3) is 5.50. The van der Waals surface area contributed by atoms with Crippen LogP contribution in [-0.4, -0.2) is 12.1 Å². The summed E-state index contributed by atoms with van der Waals surface area (Å²) in [5.74, 6) is -3.16. The summed E-state index contributed by atoms with van der Waals surface area (Å²) in [5, 5.41) is 5.75. The summed E-state index contributed by atoms with van der Waals surface area (Å²) in [6.07, 6.45) is -1.01. The van der Waals surface area contributed by atoms with Crippen LogP contribution >= 0.6 is 0 Å². The van der Waals surface area contributed by atoms with Crippen molar-refractivity contribution in [2.45, 2.75) is 50.4 Å². The molecule has 36 heavy (non-hydrogen) atoms. The second-order valence-corrected chi connectivity index (χ2v) is 9.14. The van der Waals surface area contributed by atoms with Gasteiger partial charge in [-0.25, -0.2) is 18.0 Å². The molecule has 0 saturated heterocycles. The molecule has 9 heteroatoms. The molecule has 1 saturated carbocycles. The van der Waals surface area contributed by atoms with Gasteiger partial charge in [-0.1, -0.05) is 43.2 Å². The molecule has 0 spiro atoms. The van der Waals surface area contributed by atoms with Gasteiger partial charge in [0.1, 0.15) is 5.82 Å². The Morgan fingerprint density at radius 1 is 0.778 bits per heavy atom. The predicted octanol–water partition coefficient (Wildman–Crippen LogP) is 7.30. The number of benzene rings is 3. The smallest absolute Gasteiger partial charge is 0.335 e. The van der Waals surface area contributed by atoms with Gasteiger partial charge >= 0.3 is 12.2 Å². The van der Waals surface area contributed by atoms with Crippen LogP contribution in [-0.2, 0) is 11.7 Å². The fourth-order valence-electron chi connectivity index (χ4n) is 4.55. The molecule has 0 heterocycles. The van der Waals surface area contributed by atoms with Gasteiger partial charge in [-0.15, -0.1) is 0 Å². The van der Waals surface area contributed by atoms with E-state index in [-0.39, 0.29) is 17.2 Å². The number of carbonyl (C=O) groups excluding carboxylic acids is 1. The van der Waals surface area contributed by atoms with Crippen molar-refractivity contribution in [2.75, 3.05) is 0 Å². The summed E-state index contributed by atoms with van der Waals surface area (Å²) in [5.41, 5.74) is -1.36. The van der Waals surface area contributed by atoms with Crippen molar-refractivity contribution in [3.63, 3.8) is 0 Å². The van der Waals surface area contributed by atoms with Gasteiger partial charge in [-0.3, -0.25) is 0 Å². The van der Waals surface area contributed by atoms with Crippen molar-refractivity contribution in [1.82, 2.24) is 10.6 Å². The van der Waals surface area contributed by atoms with Crippen LogP contribution in [0.1, 0.15) is 49.3 Å². The van der Waals surface area contributed by atoms with E-state index in [0.717, 1.165) is 49.9 Å². The first kappa shape index (κ1) is 25.6. The third-order valence-electron chi connectivity index (χ3n) is 6.57. The Hall–Kier alpha value is -3.49. The topological polar surface area (TPSA) is 41.1 Å². The van der Waals surface area contributed by atoms with Crippen LogP contribution in [0.5, 0.6) is 0 Å². The number of amides is 2. The fraction of sp³-hybridized carbons (Fsp3) is 0.296. The minimum Gasteiger partial charge on any atom is -0.335 e. The lowest BCUT2D eigenvalue weighted by Gasteiger charge is -2.33. The van der Waals surface area contributed by atoms with Gasteiger partial charge in [0.2, 0.25) is 0 Å². The molecular weight excluding hydrogens is 482 g/mol. The normalized spacial score (nSPS) is 16.0. The summed E-state index contributed by atoms with van der Waals surface area (Å²) in [7, 11) is 0. The van der Waals surface area contributed by atoms with Crippen LogP contribution in [0.4, 0.5) is 31.1 Å². The lowest BCUT2D eigenvalue weighted by atomic mass is 9.83. The molecule has 1 fully saturated rings. The molecule has 0 aromatic heterocycles. The highest BCUT2D eigenvalue weighted by atomic mass is 19.4. The van der Waals surface area contributed by atoms with E-state index in [4.69, 9.17) is 0 Å². The quantitative estimate of drug-likeness (QED) is 0.351. The number of carbonyl (C=O) groups is 1. The molecule has 4 rings (SSSR count). The van der Waals surface area contributed by atoms with E-state index < -0.39 is 40.8 Å². The number of alkyl halides is 3. The van der Waals surface area contributed by atoms with Crippen molar-refractivity contribution in [3.05, 3.63) is 94.8 Å². The monoisotopic (exact) mass is 506 g/mol. The third-order valence-corrected chi connectivity index (χ3v) is 6.57. The van der Waals surface area contributed by atoms with Gasteiger partial charge in [-0.05, 0) is 72.4 Å². The molecule has 0 aliphatic heterocycles. The maximum atomic E-state index is 14.1. The van der Waals surface area contributed by atoms with Gasteiger partial charge in [0.25, 0.3) is 0 Å². The second kappa shape index (κ2) is 9.87. The molecular formula is C27H24F6N2O. The van der Waals surface area contributed by atoms with Gasteiger partial charge in [0.05, 0.1) is 11.1 Å². The number of hydrogen-bond acceptors (Lipinski definition) is 1. The molecule has 3 aromatic carbocycles. The van der Waals surface area contributed by atoms with E-state index in [1.165, 1.54) is 18.2 Å². The van der Waals surface area contributed by atoms with Gasteiger partial charge < -0.3 is 10.6 Å². The second-order valence-electron chi connectivity index (χ2n) is 9.14. The predicted molar refractivity (Wildman–Crippen MR) is 124 cm³/mol. The molecule has 0 unspecified atom stereocenters. The lowest BCUT2D eigenvalue weighted by Crippen LogP contribution is -2.51. The van der Waals surface area contributed by atoms with Crippen LogP contribution in [0, 0.1) is 17.5 Å². The number of hydrogen-bond donors (Lipinski definition) is 2. The first-order valence-corrected chi connectivity index (χ1v) is 11.5. The Morgan fingerprint density at radius 3 is 2.03 bits per heavy atom. The first-order valence-electron chi connectivity index (χ1n) is 11.5. The Morgan fingerprint density at radius 2 is 1.42 bits per heavy atom. The Labute approximate surface area is 204 Å². The lowest BCUT2D eigenvalue weighted by molar-refractivity contribution is -0.137. The summed E-state index contributed by atoms with van der Waals surface area (Å²) in [6.45, 7) is 1.62. The van der Waals surface area contributed by atoms with Crippen LogP contribution in [0.3, 0.4) is 0 Å². The molecule has 1 atom stereocenters. The Bertz CT molecular complexity index is 1250. The number of nitrogens with one attached hydrogen (secondary N) is 2. The molecule has 0 bridgehead atoms. The number of urea groups is 1. The number of rotatable bonds is 5. The summed E-state index contributed by atoms with van der Waals surface area (Å²) in [6, 6.07) is 11.1. The van der Waals surface area contributed by atoms with E-state index in [1.807, 2.05) is 0 Å². The molecule has 2 N–H and O–H groups in total. The zero-order chi connectivity index (χ0) is 26.1. The standard InChI is InChI=1S/C27H24F6N2O/c1-26(19-10-11-23(29)24(30)15-19,35-25(36)34-22-4-2-3-5-22)18-8-6-16(7-9-18)17-12-20(27(31,32)33)14-21(28)13-17/h6-15,22H,2-5H2,1H3,(H2,34,35,36)/t26-/m1/s1. The summed E-state index contributed by atoms with van der Waals surface area (Å²) in [4.78, 5) is 12.8. The van der Waals surface area contributed by atoms with Crippen LogP contribution in [0.2, 0.25) is 0 Å². The molecule has 0 radical (unpaired) electrons. The maximum Gasteiger partial charge on any atom is 0.416 e. The van der Waals surface area contributed by atoms with E-state index in [0.29, 0.717) is 17.2 Å². The molecule has 3 nitrogen and oxygen atoms in total. The minimum absolute atomic E-state index is 0.0115. The molecule has 190 valence electrons. The van der Waals surface area contributed by atoms with E-state index >= 15 is 0 Å². The average molecular weight is 506 g/mol. The van der Waals surface area contributed by atoms with Gasteiger partial charge in [0, 0.05) is 6.04 Å². The zero-order valence-electron chi connectivity index (χ0n) is 19.4. The van der Waals surface area contributed by atoms with Crippen molar-refractivity contribution >= 4 is 6.03 Å². The van der Waals surface area contributed by atoms with Gasteiger partial charge in [0.15, 0.2) is 11.6 Å². The van der Waals surface area contributed by atoms with Crippen LogP contribution in [0.25, 0.3) is 11.1 Å². The van der Waals surface area contributed by atoms with Crippen LogP contribution < -0.4 is 10.6 Å².